The summed E-state index contributed by atoms with van der Waals surface area (Å²) in [4.78, 5) is 0. The van der Waals surface area contributed by atoms with E-state index in [4.69, 9.17) is 5.10 Å². The monoisotopic (exact) mass is 270 g/mol. The summed E-state index contributed by atoms with van der Waals surface area (Å²) in [5.41, 5.74) is 8.05. The van der Waals surface area contributed by atoms with Crippen molar-refractivity contribution in [3.05, 3.63) is 40.7 Å². The van der Waals surface area contributed by atoms with Crippen LogP contribution in [0.3, 0.4) is 0 Å². The molecule has 0 aliphatic carbocycles. The van der Waals surface area contributed by atoms with Crippen molar-refractivity contribution >= 4 is 0 Å². The van der Waals surface area contributed by atoms with Gasteiger partial charge in [0.1, 0.15) is 0 Å². The van der Waals surface area contributed by atoms with Gasteiger partial charge in [0.2, 0.25) is 0 Å². The van der Waals surface area contributed by atoms with Crippen LogP contribution in [0.4, 0.5) is 0 Å². The van der Waals surface area contributed by atoms with E-state index in [0.29, 0.717) is 6.04 Å². The van der Waals surface area contributed by atoms with Crippen molar-refractivity contribution in [1.82, 2.24) is 9.78 Å². The third-order valence-electron chi connectivity index (χ3n) is 4.06. The number of rotatable bonds is 4. The van der Waals surface area contributed by atoms with Crippen LogP contribution < -0.4 is 0 Å². The lowest BCUT2D eigenvalue weighted by atomic mass is 9.91. The van der Waals surface area contributed by atoms with Crippen LogP contribution in [0.1, 0.15) is 56.3 Å². The molecule has 0 aliphatic heterocycles. The molecule has 1 aromatic carbocycles. The zero-order chi connectivity index (χ0) is 14.9. The lowest BCUT2D eigenvalue weighted by Gasteiger charge is -2.15. The van der Waals surface area contributed by atoms with Crippen LogP contribution >= 0.6 is 0 Å². The standard InChI is InChI=1S/C18H26N2/c1-7-15-10-9-11-16(8-2)18(15)17-13(5)19-20(12(3)4)14(17)6/h9-12H,7-8H2,1-6H3. The number of aromatic nitrogens is 2. The number of benzene rings is 1. The first-order valence-corrected chi connectivity index (χ1v) is 7.68. The van der Waals surface area contributed by atoms with E-state index < -0.39 is 0 Å². The molecule has 0 amide bonds. The fourth-order valence-corrected chi connectivity index (χ4v) is 3.09. The fraction of sp³-hybridized carbons (Fsp3) is 0.500. The van der Waals surface area contributed by atoms with Crippen LogP contribution in [0.5, 0.6) is 0 Å². The van der Waals surface area contributed by atoms with Gasteiger partial charge in [-0.3, -0.25) is 4.68 Å². The molecule has 1 aromatic heterocycles. The van der Waals surface area contributed by atoms with E-state index in [0.717, 1.165) is 18.5 Å². The van der Waals surface area contributed by atoms with E-state index in [1.807, 2.05) is 0 Å². The van der Waals surface area contributed by atoms with Crippen molar-refractivity contribution in [3.8, 4) is 11.1 Å². The van der Waals surface area contributed by atoms with E-state index >= 15 is 0 Å². The molecule has 0 radical (unpaired) electrons. The minimum Gasteiger partial charge on any atom is -0.266 e. The van der Waals surface area contributed by atoms with Crippen LogP contribution in [-0.4, -0.2) is 9.78 Å². The van der Waals surface area contributed by atoms with Crippen molar-refractivity contribution in [2.75, 3.05) is 0 Å². The van der Waals surface area contributed by atoms with Crippen molar-refractivity contribution < 1.29 is 0 Å². The Bertz CT molecular complexity index is 584. The van der Waals surface area contributed by atoms with Crippen LogP contribution in [0, 0.1) is 13.8 Å². The molecule has 0 saturated carbocycles. The summed E-state index contributed by atoms with van der Waals surface area (Å²) in [5, 5.41) is 4.75. The maximum atomic E-state index is 4.75. The summed E-state index contributed by atoms with van der Waals surface area (Å²) in [6, 6.07) is 7.08. The average molecular weight is 270 g/mol. The second-order valence-corrected chi connectivity index (χ2v) is 5.74. The average Bonchev–Trinajstić information content (AvgIpc) is 2.73. The van der Waals surface area contributed by atoms with Crippen LogP contribution in [0.15, 0.2) is 18.2 Å². The second kappa shape index (κ2) is 5.82. The Morgan fingerprint density at radius 1 is 1.00 bits per heavy atom. The van der Waals surface area contributed by atoms with Gasteiger partial charge in [-0.25, -0.2) is 0 Å². The van der Waals surface area contributed by atoms with E-state index in [2.05, 4.69) is 64.4 Å². The van der Waals surface area contributed by atoms with Gasteiger partial charge in [-0.2, -0.15) is 5.10 Å². The lowest BCUT2D eigenvalue weighted by molar-refractivity contribution is 0.516. The summed E-state index contributed by atoms with van der Waals surface area (Å²) < 4.78 is 2.15. The van der Waals surface area contributed by atoms with Crippen molar-refractivity contribution in [2.45, 2.75) is 60.4 Å². The topological polar surface area (TPSA) is 17.8 Å². The minimum absolute atomic E-state index is 0.404. The molecule has 20 heavy (non-hydrogen) atoms. The summed E-state index contributed by atoms with van der Waals surface area (Å²) in [6.07, 6.45) is 2.13. The van der Waals surface area contributed by atoms with Gasteiger partial charge in [0.25, 0.3) is 0 Å². The van der Waals surface area contributed by atoms with E-state index in [1.54, 1.807) is 0 Å². The van der Waals surface area contributed by atoms with Gasteiger partial charge in [-0.15, -0.1) is 0 Å². The molecule has 0 aliphatic rings. The Kier molecular flexibility index (Phi) is 4.32. The molecule has 0 N–H and O–H groups in total. The minimum atomic E-state index is 0.404. The Morgan fingerprint density at radius 2 is 1.55 bits per heavy atom. The summed E-state index contributed by atoms with van der Waals surface area (Å²) in [5.74, 6) is 0. The molecular formula is C18H26N2. The molecule has 1 heterocycles. The van der Waals surface area contributed by atoms with E-state index in [9.17, 15) is 0 Å². The number of nitrogens with zero attached hydrogens (tertiary/aromatic N) is 2. The fourth-order valence-electron chi connectivity index (χ4n) is 3.09. The van der Waals surface area contributed by atoms with Crippen molar-refractivity contribution in [3.63, 3.8) is 0 Å². The normalized spacial score (nSPS) is 11.3. The van der Waals surface area contributed by atoms with Gasteiger partial charge in [0.05, 0.1) is 5.69 Å². The molecule has 108 valence electrons. The quantitative estimate of drug-likeness (QED) is 0.774. The van der Waals surface area contributed by atoms with Crippen LogP contribution in [0.25, 0.3) is 11.1 Å². The zero-order valence-electron chi connectivity index (χ0n) is 13.6. The molecule has 0 fully saturated rings. The predicted octanol–water partition coefficient (Wildman–Crippen LogP) is 4.87. The third-order valence-corrected chi connectivity index (χ3v) is 4.06. The first-order valence-electron chi connectivity index (χ1n) is 7.68. The van der Waals surface area contributed by atoms with Crippen LogP contribution in [-0.2, 0) is 12.8 Å². The first-order chi connectivity index (χ1) is 9.51. The molecule has 2 heteroatoms. The van der Waals surface area contributed by atoms with Gasteiger partial charge in [0.15, 0.2) is 0 Å². The highest BCUT2D eigenvalue weighted by Gasteiger charge is 2.19. The van der Waals surface area contributed by atoms with Gasteiger partial charge < -0.3 is 0 Å². The molecule has 2 nitrogen and oxygen atoms in total. The van der Waals surface area contributed by atoms with Gasteiger partial charge in [0, 0.05) is 17.3 Å². The smallest absolute Gasteiger partial charge is 0.0675 e. The highest BCUT2D eigenvalue weighted by molar-refractivity contribution is 5.75. The molecule has 0 unspecified atom stereocenters. The molecule has 0 spiro atoms. The predicted molar refractivity (Wildman–Crippen MR) is 86.3 cm³/mol. The third kappa shape index (κ3) is 2.39. The number of aryl methyl sites for hydroxylation is 3. The molecule has 0 atom stereocenters. The highest BCUT2D eigenvalue weighted by Crippen LogP contribution is 2.34. The molecule has 2 aromatic rings. The second-order valence-electron chi connectivity index (χ2n) is 5.74. The van der Waals surface area contributed by atoms with Crippen molar-refractivity contribution in [2.24, 2.45) is 0 Å². The van der Waals surface area contributed by atoms with E-state index in [-0.39, 0.29) is 0 Å². The summed E-state index contributed by atoms with van der Waals surface area (Å²) >= 11 is 0. The Labute approximate surface area is 122 Å². The van der Waals surface area contributed by atoms with E-state index in [1.165, 1.54) is 27.9 Å². The summed E-state index contributed by atoms with van der Waals surface area (Å²) in [7, 11) is 0. The van der Waals surface area contributed by atoms with Gasteiger partial charge in [-0.05, 0) is 57.2 Å². The maximum Gasteiger partial charge on any atom is 0.0675 e. The van der Waals surface area contributed by atoms with Gasteiger partial charge >= 0.3 is 0 Å². The highest BCUT2D eigenvalue weighted by atomic mass is 15.3. The Hall–Kier alpha value is -1.57. The zero-order valence-corrected chi connectivity index (χ0v) is 13.6. The Morgan fingerprint density at radius 3 is 1.95 bits per heavy atom. The van der Waals surface area contributed by atoms with Crippen molar-refractivity contribution in [1.29, 1.82) is 0 Å². The first kappa shape index (κ1) is 14.8. The number of hydrogen-bond acceptors (Lipinski definition) is 1. The maximum absolute atomic E-state index is 4.75. The lowest BCUT2D eigenvalue weighted by Crippen LogP contribution is -2.05. The molecule has 2 rings (SSSR count). The molecular weight excluding hydrogens is 244 g/mol. The molecule has 0 saturated heterocycles. The largest absolute Gasteiger partial charge is 0.266 e. The summed E-state index contributed by atoms with van der Waals surface area (Å²) in [6.45, 7) is 13.2. The number of hydrogen-bond donors (Lipinski definition) is 0. The van der Waals surface area contributed by atoms with Crippen LogP contribution in [0.2, 0.25) is 0 Å². The molecule has 0 bridgehead atoms. The SMILES string of the molecule is CCc1cccc(CC)c1-c1c(C)nn(C(C)C)c1C. The van der Waals surface area contributed by atoms with Gasteiger partial charge in [-0.1, -0.05) is 32.0 Å². The Balaban J connectivity index is 2.74.